The maximum absolute atomic E-state index is 12.5. The van der Waals surface area contributed by atoms with Crippen LogP contribution in [-0.4, -0.2) is 52.5 Å². The van der Waals surface area contributed by atoms with Gasteiger partial charge in [0.2, 0.25) is 0 Å². The quantitative estimate of drug-likeness (QED) is 0.837. The number of fused-ring (bicyclic) bond motifs is 1. The summed E-state index contributed by atoms with van der Waals surface area (Å²) in [5, 5.41) is 13.4. The number of piperidine rings is 1. The van der Waals surface area contributed by atoms with E-state index >= 15 is 0 Å². The third-order valence-electron chi connectivity index (χ3n) is 4.77. The lowest BCUT2D eigenvalue weighted by Gasteiger charge is -2.46. The Morgan fingerprint density at radius 2 is 1.91 bits per heavy atom. The molecule has 2 rings (SSSR count). The number of ether oxygens (including phenoxy) is 1. The summed E-state index contributed by atoms with van der Waals surface area (Å²) >= 11 is 0. The summed E-state index contributed by atoms with van der Waals surface area (Å²) in [6, 6.07) is 0.764. The predicted octanol–water partition coefficient (Wildman–Crippen LogP) is 2.92. The van der Waals surface area contributed by atoms with Gasteiger partial charge in [-0.3, -0.25) is 0 Å². The zero-order valence-corrected chi connectivity index (χ0v) is 15.4. The van der Waals surface area contributed by atoms with E-state index < -0.39 is 11.2 Å². The Balaban J connectivity index is 1.91. The lowest BCUT2D eigenvalue weighted by molar-refractivity contribution is -0.0110. The van der Waals surface area contributed by atoms with E-state index in [1.54, 1.807) is 0 Å². The van der Waals surface area contributed by atoms with Crippen LogP contribution in [0.3, 0.4) is 0 Å². The van der Waals surface area contributed by atoms with Crippen LogP contribution in [0.5, 0.6) is 0 Å². The summed E-state index contributed by atoms with van der Waals surface area (Å²) in [6.07, 6.45) is 5.24. The van der Waals surface area contributed by atoms with E-state index in [-0.39, 0.29) is 6.09 Å². The highest BCUT2D eigenvalue weighted by Gasteiger charge is 2.40. The molecule has 1 aliphatic heterocycles. The third-order valence-corrected chi connectivity index (χ3v) is 4.77. The molecule has 0 aromatic carbocycles. The van der Waals surface area contributed by atoms with Gasteiger partial charge in [-0.15, -0.1) is 0 Å². The van der Waals surface area contributed by atoms with Crippen molar-refractivity contribution < 1.29 is 14.6 Å². The molecular weight excluding hydrogens is 292 g/mol. The van der Waals surface area contributed by atoms with Crippen molar-refractivity contribution in [3.05, 3.63) is 0 Å². The monoisotopic (exact) mass is 326 g/mol. The highest BCUT2D eigenvalue weighted by Crippen LogP contribution is 2.36. The molecule has 23 heavy (non-hydrogen) atoms. The van der Waals surface area contributed by atoms with Crippen molar-refractivity contribution >= 4 is 6.09 Å². The predicted molar refractivity (Wildman–Crippen MR) is 91.4 cm³/mol. The van der Waals surface area contributed by atoms with Gasteiger partial charge in [-0.2, -0.15) is 0 Å². The van der Waals surface area contributed by atoms with Gasteiger partial charge in [-0.25, -0.2) is 4.79 Å². The number of nitrogens with zero attached hydrogens (tertiary/aromatic N) is 1. The van der Waals surface area contributed by atoms with Crippen molar-refractivity contribution in [1.29, 1.82) is 0 Å². The minimum Gasteiger partial charge on any atom is -0.444 e. The molecule has 3 atom stereocenters. The molecule has 1 saturated carbocycles. The molecule has 0 aromatic heterocycles. The number of carbonyl (C=O) groups is 1. The highest BCUT2D eigenvalue weighted by molar-refractivity contribution is 5.68. The molecule has 1 aliphatic carbocycles. The van der Waals surface area contributed by atoms with Crippen LogP contribution < -0.4 is 5.32 Å². The number of nitrogens with one attached hydrogen (secondary N) is 1. The van der Waals surface area contributed by atoms with E-state index in [1.165, 1.54) is 6.42 Å². The number of likely N-dealkylation sites (tertiary alicyclic amines) is 1. The molecule has 5 nitrogen and oxygen atoms in total. The van der Waals surface area contributed by atoms with E-state index in [4.69, 9.17) is 4.74 Å². The van der Waals surface area contributed by atoms with Gasteiger partial charge in [-0.1, -0.05) is 0 Å². The van der Waals surface area contributed by atoms with Gasteiger partial charge in [0.15, 0.2) is 0 Å². The second-order valence-corrected chi connectivity index (χ2v) is 8.85. The Morgan fingerprint density at radius 1 is 1.22 bits per heavy atom. The van der Waals surface area contributed by atoms with Gasteiger partial charge in [0, 0.05) is 25.2 Å². The molecule has 1 saturated heterocycles. The van der Waals surface area contributed by atoms with Gasteiger partial charge in [-0.05, 0) is 72.6 Å². The summed E-state index contributed by atoms with van der Waals surface area (Å²) in [5.74, 6) is 0.546. The van der Waals surface area contributed by atoms with Gasteiger partial charge >= 0.3 is 6.09 Å². The second-order valence-electron chi connectivity index (χ2n) is 8.85. The Hall–Kier alpha value is -0.810. The average Bonchev–Trinajstić information content (AvgIpc) is 2.41. The molecule has 5 heteroatoms. The van der Waals surface area contributed by atoms with Crippen LogP contribution in [0, 0.1) is 5.92 Å². The first-order chi connectivity index (χ1) is 10.6. The van der Waals surface area contributed by atoms with Crippen LogP contribution in [0.15, 0.2) is 0 Å². The average molecular weight is 326 g/mol. The lowest BCUT2D eigenvalue weighted by Crippen LogP contribution is -2.54. The summed E-state index contributed by atoms with van der Waals surface area (Å²) in [6.45, 7) is 10.9. The lowest BCUT2D eigenvalue weighted by atomic mass is 9.76. The van der Waals surface area contributed by atoms with Crippen molar-refractivity contribution in [2.75, 3.05) is 13.1 Å². The molecule has 1 heterocycles. The fourth-order valence-corrected chi connectivity index (χ4v) is 3.78. The number of carbonyl (C=O) groups excluding carboxylic acids is 1. The zero-order valence-electron chi connectivity index (χ0n) is 15.4. The van der Waals surface area contributed by atoms with E-state index in [1.807, 2.05) is 39.5 Å². The summed E-state index contributed by atoms with van der Waals surface area (Å²) in [5.41, 5.74) is -1.11. The first-order valence-electron chi connectivity index (χ1n) is 9.00. The first kappa shape index (κ1) is 18.5. The molecule has 2 N–H and O–H groups in total. The minimum atomic E-state index is -0.675. The molecule has 0 aromatic rings. The maximum Gasteiger partial charge on any atom is 0.410 e. The fraction of sp³-hybridized carbons (Fsp3) is 0.944. The van der Waals surface area contributed by atoms with E-state index in [0.29, 0.717) is 24.5 Å². The number of hydrogen-bond donors (Lipinski definition) is 2. The van der Waals surface area contributed by atoms with Gasteiger partial charge in [0.1, 0.15) is 5.60 Å². The van der Waals surface area contributed by atoms with Crippen molar-refractivity contribution in [2.24, 2.45) is 5.92 Å². The number of amides is 1. The number of rotatable bonds is 3. The normalized spacial score (nSPS) is 29.1. The van der Waals surface area contributed by atoms with Crippen LogP contribution in [0.4, 0.5) is 4.79 Å². The fourth-order valence-electron chi connectivity index (χ4n) is 3.78. The molecule has 2 aliphatic rings. The molecule has 134 valence electrons. The minimum absolute atomic E-state index is 0.157. The van der Waals surface area contributed by atoms with Crippen molar-refractivity contribution in [1.82, 2.24) is 10.2 Å². The molecule has 0 bridgehead atoms. The van der Waals surface area contributed by atoms with Gasteiger partial charge in [0.25, 0.3) is 0 Å². The SMILES string of the molecule is CC(C)(O)CN[C@@H]1CC[C@H]2[C@@H](CCCN2C(=O)OC(C)(C)C)C1. The smallest absolute Gasteiger partial charge is 0.410 e. The summed E-state index contributed by atoms with van der Waals surface area (Å²) in [7, 11) is 0. The van der Waals surface area contributed by atoms with Crippen LogP contribution >= 0.6 is 0 Å². The molecular formula is C18H34N2O3. The molecule has 2 fully saturated rings. The highest BCUT2D eigenvalue weighted by atomic mass is 16.6. The van der Waals surface area contributed by atoms with Crippen molar-refractivity contribution in [3.63, 3.8) is 0 Å². The first-order valence-corrected chi connectivity index (χ1v) is 9.00. The molecule has 0 unspecified atom stereocenters. The largest absolute Gasteiger partial charge is 0.444 e. The summed E-state index contributed by atoms with van der Waals surface area (Å²) in [4.78, 5) is 14.4. The second kappa shape index (κ2) is 6.98. The van der Waals surface area contributed by atoms with Crippen LogP contribution in [-0.2, 0) is 4.74 Å². The topological polar surface area (TPSA) is 61.8 Å². The Kier molecular flexibility index (Phi) is 5.62. The third kappa shape index (κ3) is 5.64. The zero-order chi connectivity index (χ0) is 17.3. The number of hydrogen-bond acceptors (Lipinski definition) is 4. The van der Waals surface area contributed by atoms with Gasteiger partial charge < -0.3 is 20.1 Å². The molecule has 0 spiro atoms. The maximum atomic E-state index is 12.5. The van der Waals surface area contributed by atoms with E-state index in [0.717, 1.165) is 32.2 Å². The van der Waals surface area contributed by atoms with Crippen LogP contribution in [0.2, 0.25) is 0 Å². The van der Waals surface area contributed by atoms with E-state index in [9.17, 15) is 9.90 Å². The van der Waals surface area contributed by atoms with Crippen LogP contribution in [0.25, 0.3) is 0 Å². The standard InChI is InChI=1S/C18H34N2O3/c1-17(2,3)23-16(21)20-10-6-7-13-11-14(8-9-15(13)20)19-12-18(4,5)22/h13-15,19,22H,6-12H2,1-5H3/t13-,14+,15-/m0/s1. The van der Waals surface area contributed by atoms with Crippen molar-refractivity contribution in [3.8, 4) is 0 Å². The van der Waals surface area contributed by atoms with E-state index in [2.05, 4.69) is 5.32 Å². The molecule has 1 amide bonds. The van der Waals surface area contributed by atoms with Gasteiger partial charge in [0.05, 0.1) is 5.60 Å². The Morgan fingerprint density at radius 3 is 2.52 bits per heavy atom. The number of aliphatic hydroxyl groups is 1. The van der Waals surface area contributed by atoms with Crippen molar-refractivity contribution in [2.45, 2.75) is 90.0 Å². The summed E-state index contributed by atoms with van der Waals surface area (Å²) < 4.78 is 5.58. The molecule has 0 radical (unpaired) electrons. The Bertz CT molecular complexity index is 411. The Labute approximate surface area is 140 Å². The van der Waals surface area contributed by atoms with Crippen LogP contribution in [0.1, 0.15) is 66.7 Å².